The van der Waals surface area contributed by atoms with Gasteiger partial charge in [-0.3, -0.25) is 9.59 Å². The van der Waals surface area contributed by atoms with Crippen molar-refractivity contribution in [3.8, 4) is 5.75 Å². The van der Waals surface area contributed by atoms with Gasteiger partial charge in [-0.15, -0.1) is 0 Å². The molecule has 1 amide bonds. The predicted molar refractivity (Wildman–Crippen MR) is 98.2 cm³/mol. The van der Waals surface area contributed by atoms with Crippen molar-refractivity contribution < 1.29 is 13.9 Å². The minimum absolute atomic E-state index is 0.0698. The number of alkyl halides is 1. The molecule has 0 spiro atoms. The van der Waals surface area contributed by atoms with E-state index in [0.29, 0.717) is 16.7 Å². The highest BCUT2D eigenvalue weighted by molar-refractivity contribution is 5.97. The van der Waals surface area contributed by atoms with Crippen LogP contribution < -0.4 is 15.5 Å². The van der Waals surface area contributed by atoms with E-state index in [0.717, 1.165) is 5.56 Å². The molecule has 5 nitrogen and oxygen atoms in total. The fourth-order valence-corrected chi connectivity index (χ4v) is 2.56. The minimum atomic E-state index is -0.557. The van der Waals surface area contributed by atoms with Crippen LogP contribution in [0.2, 0.25) is 0 Å². The number of aromatic amines is 1. The first-order valence-corrected chi connectivity index (χ1v) is 8.28. The van der Waals surface area contributed by atoms with E-state index >= 15 is 0 Å². The third-order valence-corrected chi connectivity index (χ3v) is 3.96. The van der Waals surface area contributed by atoms with Crippen molar-refractivity contribution in [3.63, 3.8) is 0 Å². The summed E-state index contributed by atoms with van der Waals surface area (Å²) in [6.07, 6.45) is 0.926. The summed E-state index contributed by atoms with van der Waals surface area (Å²) in [4.78, 5) is 27.7. The Morgan fingerprint density at radius 1 is 1.19 bits per heavy atom. The summed E-state index contributed by atoms with van der Waals surface area (Å²) in [6, 6.07) is 14.0. The van der Waals surface area contributed by atoms with E-state index in [-0.39, 0.29) is 17.5 Å². The summed E-state index contributed by atoms with van der Waals surface area (Å²) in [5.74, 6) is 0.125. The zero-order valence-electron chi connectivity index (χ0n) is 14.3. The fourth-order valence-electron chi connectivity index (χ4n) is 2.56. The van der Waals surface area contributed by atoms with E-state index < -0.39 is 18.7 Å². The summed E-state index contributed by atoms with van der Waals surface area (Å²) < 4.78 is 17.8. The molecule has 1 heterocycles. The Balaban J connectivity index is 1.67. The summed E-state index contributed by atoms with van der Waals surface area (Å²) in [5.41, 5.74) is 1.30. The number of fused-ring (bicyclic) bond motifs is 1. The molecule has 134 valence electrons. The van der Waals surface area contributed by atoms with Crippen LogP contribution in [0.5, 0.6) is 5.75 Å². The third kappa shape index (κ3) is 3.91. The lowest BCUT2D eigenvalue weighted by atomic mass is 10.1. The molecule has 3 aromatic rings. The van der Waals surface area contributed by atoms with Crippen LogP contribution in [0.25, 0.3) is 10.9 Å². The van der Waals surface area contributed by atoms with Gasteiger partial charge in [0.05, 0.1) is 0 Å². The average Bonchev–Trinajstić information content (AvgIpc) is 2.67. The number of benzene rings is 2. The van der Waals surface area contributed by atoms with Gasteiger partial charge in [0, 0.05) is 23.6 Å². The smallest absolute Gasteiger partial charge is 0.257 e. The zero-order valence-corrected chi connectivity index (χ0v) is 14.3. The first-order valence-electron chi connectivity index (χ1n) is 8.28. The Kier molecular flexibility index (Phi) is 5.31. The molecule has 0 fully saturated rings. The van der Waals surface area contributed by atoms with Gasteiger partial charge in [-0.2, -0.15) is 0 Å². The third-order valence-electron chi connectivity index (χ3n) is 3.96. The quantitative estimate of drug-likeness (QED) is 0.714. The van der Waals surface area contributed by atoms with Gasteiger partial charge in [-0.25, -0.2) is 4.39 Å². The van der Waals surface area contributed by atoms with E-state index in [2.05, 4.69) is 10.3 Å². The van der Waals surface area contributed by atoms with Gasteiger partial charge in [0.2, 0.25) is 5.43 Å². The van der Waals surface area contributed by atoms with Crippen LogP contribution in [0.3, 0.4) is 0 Å². The Bertz CT molecular complexity index is 967. The Labute approximate surface area is 149 Å². The van der Waals surface area contributed by atoms with Crippen molar-refractivity contribution >= 4 is 16.8 Å². The highest BCUT2D eigenvalue weighted by atomic mass is 19.1. The number of hydrogen-bond acceptors (Lipinski definition) is 3. The van der Waals surface area contributed by atoms with E-state index in [1.54, 1.807) is 49.4 Å². The highest BCUT2D eigenvalue weighted by Gasteiger charge is 2.12. The second-order valence-corrected chi connectivity index (χ2v) is 5.99. The van der Waals surface area contributed by atoms with Gasteiger partial charge in [-0.1, -0.05) is 24.3 Å². The van der Waals surface area contributed by atoms with Crippen LogP contribution in [-0.4, -0.2) is 23.7 Å². The molecular formula is C20H19FN2O3. The SMILES string of the molecule is CC(CF)Oc1ccc(CNC(=O)c2c[nH]c3ccccc3c2=O)cc1. The molecule has 0 saturated carbocycles. The summed E-state index contributed by atoms with van der Waals surface area (Å²) >= 11 is 0. The lowest BCUT2D eigenvalue weighted by molar-refractivity contribution is 0.0949. The number of amides is 1. The molecule has 0 aliphatic carbocycles. The summed E-state index contributed by atoms with van der Waals surface area (Å²) in [7, 11) is 0. The van der Waals surface area contributed by atoms with E-state index in [1.807, 2.05) is 6.07 Å². The number of carbonyl (C=O) groups excluding carboxylic acids is 1. The maximum Gasteiger partial charge on any atom is 0.257 e. The number of rotatable bonds is 6. The molecule has 6 heteroatoms. The van der Waals surface area contributed by atoms with Gasteiger partial charge in [0.25, 0.3) is 5.91 Å². The van der Waals surface area contributed by atoms with Crippen molar-refractivity contribution in [2.45, 2.75) is 19.6 Å². The Morgan fingerprint density at radius 2 is 1.92 bits per heavy atom. The van der Waals surface area contributed by atoms with Crippen LogP contribution >= 0.6 is 0 Å². The van der Waals surface area contributed by atoms with E-state index in [9.17, 15) is 14.0 Å². The molecule has 1 aromatic heterocycles. The first kappa shape index (κ1) is 17.7. The standard InChI is InChI=1S/C20H19FN2O3/c1-13(10-21)26-15-8-6-14(7-9-15)11-23-20(25)17-12-22-18-5-3-2-4-16(18)19(17)24/h2-9,12-13H,10-11H2,1H3,(H,22,24)(H,23,25). The van der Waals surface area contributed by atoms with Crippen molar-refractivity contribution in [3.05, 3.63) is 76.1 Å². The van der Waals surface area contributed by atoms with Crippen LogP contribution in [0.15, 0.2) is 59.5 Å². The topological polar surface area (TPSA) is 71.2 Å². The summed E-state index contributed by atoms with van der Waals surface area (Å²) in [6.45, 7) is 1.36. The molecule has 0 saturated heterocycles. The molecule has 2 aromatic carbocycles. The van der Waals surface area contributed by atoms with Gasteiger partial charge < -0.3 is 15.0 Å². The van der Waals surface area contributed by atoms with Crippen molar-refractivity contribution in [1.29, 1.82) is 0 Å². The van der Waals surface area contributed by atoms with Gasteiger partial charge in [0.1, 0.15) is 24.1 Å². The van der Waals surface area contributed by atoms with Crippen LogP contribution in [0.1, 0.15) is 22.8 Å². The molecule has 1 unspecified atom stereocenters. The molecular weight excluding hydrogens is 335 g/mol. The fraction of sp³-hybridized carbons (Fsp3) is 0.200. The monoisotopic (exact) mass is 354 g/mol. The van der Waals surface area contributed by atoms with Crippen molar-refractivity contribution in [1.82, 2.24) is 10.3 Å². The van der Waals surface area contributed by atoms with Gasteiger partial charge in [-0.05, 0) is 36.8 Å². The normalized spacial score (nSPS) is 11.9. The number of H-pyrrole nitrogens is 1. The zero-order chi connectivity index (χ0) is 18.5. The Morgan fingerprint density at radius 3 is 2.65 bits per heavy atom. The minimum Gasteiger partial charge on any atom is -0.488 e. The number of pyridine rings is 1. The second-order valence-electron chi connectivity index (χ2n) is 5.99. The second kappa shape index (κ2) is 7.82. The number of hydrogen-bond donors (Lipinski definition) is 2. The molecule has 0 bridgehead atoms. The Hall–Kier alpha value is -3.15. The number of carbonyl (C=O) groups is 1. The lowest BCUT2D eigenvalue weighted by Crippen LogP contribution is -2.28. The molecule has 0 aliphatic heterocycles. The number of nitrogens with one attached hydrogen (secondary N) is 2. The maximum atomic E-state index is 12.5. The first-order chi connectivity index (χ1) is 12.6. The van der Waals surface area contributed by atoms with Crippen LogP contribution in [0.4, 0.5) is 4.39 Å². The van der Waals surface area contributed by atoms with Crippen molar-refractivity contribution in [2.24, 2.45) is 0 Å². The average molecular weight is 354 g/mol. The van der Waals surface area contributed by atoms with Gasteiger partial charge in [0.15, 0.2) is 0 Å². The summed E-state index contributed by atoms with van der Waals surface area (Å²) in [5, 5.41) is 3.21. The molecule has 3 rings (SSSR count). The number of halogens is 1. The molecule has 2 N–H and O–H groups in total. The maximum absolute atomic E-state index is 12.5. The molecule has 1 atom stereocenters. The molecule has 0 aliphatic rings. The van der Waals surface area contributed by atoms with Crippen molar-refractivity contribution in [2.75, 3.05) is 6.67 Å². The van der Waals surface area contributed by atoms with Crippen LogP contribution in [0, 0.1) is 0 Å². The molecule has 26 heavy (non-hydrogen) atoms. The number of para-hydroxylation sites is 1. The largest absolute Gasteiger partial charge is 0.488 e. The van der Waals surface area contributed by atoms with Gasteiger partial charge >= 0.3 is 0 Å². The highest BCUT2D eigenvalue weighted by Crippen LogP contribution is 2.14. The van der Waals surface area contributed by atoms with E-state index in [4.69, 9.17) is 4.74 Å². The van der Waals surface area contributed by atoms with Crippen LogP contribution in [-0.2, 0) is 6.54 Å². The van der Waals surface area contributed by atoms with E-state index in [1.165, 1.54) is 6.20 Å². The predicted octanol–water partition coefficient (Wildman–Crippen LogP) is 3.19. The number of ether oxygens (including phenoxy) is 1. The molecule has 0 radical (unpaired) electrons. The number of aromatic nitrogens is 1. The lowest BCUT2D eigenvalue weighted by Gasteiger charge is -2.11.